The molecule has 6 heteroatoms. The lowest BCUT2D eigenvalue weighted by Gasteiger charge is -2.42. The number of piperidine rings is 1. The van der Waals surface area contributed by atoms with Gasteiger partial charge in [0.2, 0.25) is 0 Å². The van der Waals surface area contributed by atoms with Gasteiger partial charge in [-0.15, -0.1) is 0 Å². The number of halogens is 1. The van der Waals surface area contributed by atoms with Gasteiger partial charge in [0.15, 0.2) is 0 Å². The number of carbonyl (C=O) groups excluding carboxylic acids is 1. The first-order valence-electron chi connectivity index (χ1n) is 8.39. The van der Waals surface area contributed by atoms with E-state index in [1.807, 2.05) is 15.5 Å². The largest absolute Gasteiger partial charge is 0.496 e. The van der Waals surface area contributed by atoms with Gasteiger partial charge in [-0.1, -0.05) is 17.7 Å². The number of fused-ring (bicyclic) bond motifs is 4. The fraction of sp³-hybridized carbons (Fsp3) is 0.368. The molecule has 25 heavy (non-hydrogen) atoms. The van der Waals surface area contributed by atoms with Crippen molar-refractivity contribution in [2.75, 3.05) is 20.2 Å². The lowest BCUT2D eigenvalue weighted by atomic mass is 9.83. The molecule has 0 N–H and O–H groups in total. The summed E-state index contributed by atoms with van der Waals surface area (Å²) in [6.07, 6.45) is 1.01. The van der Waals surface area contributed by atoms with E-state index in [1.54, 1.807) is 37.4 Å². The molecular formula is C19H19ClN2O3. The minimum atomic E-state index is -0.0687. The number of nitrogens with zero attached hydrogens (tertiary/aromatic N) is 2. The normalized spacial score (nSPS) is 21.6. The van der Waals surface area contributed by atoms with Gasteiger partial charge < -0.3 is 14.2 Å². The average molecular weight is 359 g/mol. The SMILES string of the molecule is COc1ccc(Cl)cc1C(=O)N1C[C@H]2C[C@H](C1)c1cccc(=O)n1C2. The number of aromatic nitrogens is 1. The van der Waals surface area contributed by atoms with E-state index >= 15 is 0 Å². The topological polar surface area (TPSA) is 51.5 Å². The highest BCUT2D eigenvalue weighted by Crippen LogP contribution is 2.36. The summed E-state index contributed by atoms with van der Waals surface area (Å²) in [5, 5.41) is 0.512. The Morgan fingerprint density at radius 2 is 2.04 bits per heavy atom. The molecule has 2 bridgehead atoms. The minimum absolute atomic E-state index is 0.0449. The molecule has 0 saturated carbocycles. The summed E-state index contributed by atoms with van der Waals surface area (Å²) in [5.41, 5.74) is 1.56. The third-order valence-corrected chi connectivity index (χ3v) is 5.39. The van der Waals surface area contributed by atoms with Crippen molar-refractivity contribution in [1.82, 2.24) is 9.47 Å². The Morgan fingerprint density at radius 3 is 2.84 bits per heavy atom. The number of pyridine rings is 1. The average Bonchev–Trinajstić information content (AvgIpc) is 2.62. The molecule has 0 spiro atoms. The summed E-state index contributed by atoms with van der Waals surface area (Å²) in [4.78, 5) is 27.0. The third-order valence-electron chi connectivity index (χ3n) is 5.16. The van der Waals surface area contributed by atoms with E-state index in [4.69, 9.17) is 16.3 Å². The van der Waals surface area contributed by atoms with Gasteiger partial charge in [0, 0.05) is 42.3 Å². The van der Waals surface area contributed by atoms with Crippen LogP contribution in [0.25, 0.3) is 0 Å². The molecule has 3 heterocycles. The van der Waals surface area contributed by atoms with E-state index < -0.39 is 0 Å². The van der Waals surface area contributed by atoms with Gasteiger partial charge in [0.05, 0.1) is 12.7 Å². The maximum absolute atomic E-state index is 13.1. The van der Waals surface area contributed by atoms with Crippen LogP contribution in [-0.4, -0.2) is 35.6 Å². The van der Waals surface area contributed by atoms with E-state index in [1.165, 1.54) is 0 Å². The second-order valence-corrected chi connectivity index (χ2v) is 7.19. The molecule has 130 valence electrons. The van der Waals surface area contributed by atoms with E-state index in [0.717, 1.165) is 12.1 Å². The van der Waals surface area contributed by atoms with Gasteiger partial charge in [-0.05, 0) is 36.6 Å². The van der Waals surface area contributed by atoms with Crippen LogP contribution >= 0.6 is 11.6 Å². The zero-order valence-electron chi connectivity index (χ0n) is 13.9. The molecule has 0 unspecified atom stereocenters. The number of rotatable bonds is 2. The highest BCUT2D eigenvalue weighted by atomic mass is 35.5. The maximum Gasteiger partial charge on any atom is 0.257 e. The Bertz CT molecular complexity index is 892. The molecule has 0 aliphatic carbocycles. The molecule has 1 aromatic heterocycles. The number of methoxy groups -OCH3 is 1. The molecule has 1 aromatic carbocycles. The summed E-state index contributed by atoms with van der Waals surface area (Å²) in [6.45, 7) is 1.92. The highest BCUT2D eigenvalue weighted by Gasteiger charge is 2.37. The van der Waals surface area contributed by atoms with Crippen molar-refractivity contribution < 1.29 is 9.53 Å². The van der Waals surface area contributed by atoms with Crippen molar-refractivity contribution in [1.29, 1.82) is 0 Å². The Morgan fingerprint density at radius 1 is 1.20 bits per heavy atom. The number of benzene rings is 1. The van der Waals surface area contributed by atoms with E-state index in [0.29, 0.717) is 41.9 Å². The van der Waals surface area contributed by atoms with Gasteiger partial charge in [0.25, 0.3) is 11.5 Å². The van der Waals surface area contributed by atoms with Crippen LogP contribution in [0.1, 0.15) is 28.4 Å². The highest BCUT2D eigenvalue weighted by molar-refractivity contribution is 6.31. The first-order valence-corrected chi connectivity index (χ1v) is 8.77. The lowest BCUT2D eigenvalue weighted by molar-refractivity contribution is 0.0591. The Balaban J connectivity index is 1.65. The summed E-state index contributed by atoms with van der Waals surface area (Å²) < 4.78 is 7.19. The molecule has 2 aromatic rings. The molecule has 2 aliphatic heterocycles. The molecular weight excluding hydrogens is 340 g/mol. The molecule has 1 amide bonds. The van der Waals surface area contributed by atoms with Crippen molar-refractivity contribution >= 4 is 17.5 Å². The number of likely N-dealkylation sites (tertiary alicyclic amines) is 1. The fourth-order valence-electron chi connectivity index (χ4n) is 4.08. The number of hydrogen-bond acceptors (Lipinski definition) is 3. The van der Waals surface area contributed by atoms with Crippen LogP contribution < -0.4 is 10.3 Å². The second-order valence-electron chi connectivity index (χ2n) is 6.75. The van der Waals surface area contributed by atoms with E-state index in [2.05, 4.69) is 0 Å². The maximum atomic E-state index is 13.1. The summed E-state index contributed by atoms with van der Waals surface area (Å²) in [7, 11) is 1.55. The predicted molar refractivity (Wildman–Crippen MR) is 95.5 cm³/mol. The monoisotopic (exact) mass is 358 g/mol. The van der Waals surface area contributed by atoms with Gasteiger partial charge in [0.1, 0.15) is 5.75 Å². The van der Waals surface area contributed by atoms with E-state index in [9.17, 15) is 9.59 Å². The standard InChI is InChI=1S/C19H19ClN2O3/c1-25-17-6-5-14(20)8-15(17)19(24)21-9-12-7-13(11-21)16-3-2-4-18(23)22(16)10-12/h2-6,8,12-13H,7,9-11H2,1H3/t12-,13-/m1/s1. The second kappa shape index (κ2) is 6.23. The Kier molecular flexibility index (Phi) is 4.04. The zero-order chi connectivity index (χ0) is 17.6. The lowest BCUT2D eigenvalue weighted by Crippen LogP contribution is -2.49. The first-order chi connectivity index (χ1) is 12.1. The van der Waals surface area contributed by atoms with Crippen LogP contribution in [0.15, 0.2) is 41.2 Å². The molecule has 1 saturated heterocycles. The number of hydrogen-bond donors (Lipinski definition) is 0. The molecule has 2 atom stereocenters. The van der Waals surface area contributed by atoms with E-state index in [-0.39, 0.29) is 17.4 Å². The van der Waals surface area contributed by atoms with Crippen LogP contribution in [0.2, 0.25) is 5.02 Å². The van der Waals surface area contributed by atoms with Crippen LogP contribution in [0.5, 0.6) is 5.75 Å². The summed E-state index contributed by atoms with van der Waals surface area (Å²) in [6, 6.07) is 10.5. The van der Waals surface area contributed by atoms with Gasteiger partial charge in [-0.3, -0.25) is 9.59 Å². The molecule has 5 nitrogen and oxygen atoms in total. The Labute approximate surface area is 150 Å². The molecule has 2 aliphatic rings. The van der Waals surface area contributed by atoms with Crippen molar-refractivity contribution in [3.63, 3.8) is 0 Å². The van der Waals surface area contributed by atoms with Crippen LogP contribution in [0.3, 0.4) is 0 Å². The minimum Gasteiger partial charge on any atom is -0.496 e. The van der Waals surface area contributed by atoms with Crippen molar-refractivity contribution in [3.05, 3.63) is 63.0 Å². The van der Waals surface area contributed by atoms with Crippen LogP contribution in [-0.2, 0) is 6.54 Å². The first kappa shape index (κ1) is 16.2. The molecule has 1 fully saturated rings. The van der Waals surface area contributed by atoms with Gasteiger partial charge in [-0.25, -0.2) is 0 Å². The molecule has 0 radical (unpaired) electrons. The predicted octanol–water partition coefficient (Wildman–Crippen LogP) is 2.77. The van der Waals surface area contributed by atoms with Gasteiger partial charge in [-0.2, -0.15) is 0 Å². The van der Waals surface area contributed by atoms with Crippen molar-refractivity contribution in [2.24, 2.45) is 5.92 Å². The van der Waals surface area contributed by atoms with Crippen molar-refractivity contribution in [2.45, 2.75) is 18.9 Å². The number of carbonyl (C=O) groups is 1. The number of ether oxygens (including phenoxy) is 1. The smallest absolute Gasteiger partial charge is 0.257 e. The van der Waals surface area contributed by atoms with Crippen LogP contribution in [0.4, 0.5) is 0 Å². The van der Waals surface area contributed by atoms with Gasteiger partial charge >= 0.3 is 0 Å². The Hall–Kier alpha value is -2.27. The van der Waals surface area contributed by atoms with Crippen molar-refractivity contribution in [3.8, 4) is 5.75 Å². The fourth-order valence-corrected chi connectivity index (χ4v) is 4.25. The van der Waals surface area contributed by atoms with Crippen LogP contribution in [0, 0.1) is 5.92 Å². The summed E-state index contributed by atoms with van der Waals surface area (Å²) in [5.74, 6) is 0.943. The number of amides is 1. The summed E-state index contributed by atoms with van der Waals surface area (Å²) >= 11 is 6.07. The molecule has 4 rings (SSSR count). The zero-order valence-corrected chi connectivity index (χ0v) is 14.7. The quantitative estimate of drug-likeness (QED) is 0.829. The third kappa shape index (κ3) is 2.82.